The minimum Gasteiger partial charge on any atom is -0.379 e. The van der Waals surface area contributed by atoms with Crippen molar-refractivity contribution < 1.29 is 4.74 Å². The maximum atomic E-state index is 5.33. The molecule has 1 aliphatic rings. The summed E-state index contributed by atoms with van der Waals surface area (Å²) in [7, 11) is 1.87. The van der Waals surface area contributed by atoms with Crippen LogP contribution < -0.4 is 10.6 Å². The maximum Gasteiger partial charge on any atom is 0.131 e. The first-order chi connectivity index (χ1) is 9.28. The quantitative estimate of drug-likeness (QED) is 0.747. The summed E-state index contributed by atoms with van der Waals surface area (Å²) in [5, 5.41) is 6.39. The van der Waals surface area contributed by atoms with Crippen LogP contribution in [-0.2, 0) is 4.74 Å². The number of nitrogens with zero attached hydrogens (tertiary/aromatic N) is 3. The second-order valence-corrected chi connectivity index (χ2v) is 4.67. The molecule has 0 aromatic carbocycles. The van der Waals surface area contributed by atoms with E-state index in [9.17, 15) is 0 Å². The third-order valence-electron chi connectivity index (χ3n) is 3.16. The van der Waals surface area contributed by atoms with Gasteiger partial charge < -0.3 is 15.4 Å². The van der Waals surface area contributed by atoms with Gasteiger partial charge in [-0.25, -0.2) is 9.97 Å². The molecule has 6 heteroatoms. The second-order valence-electron chi connectivity index (χ2n) is 4.67. The summed E-state index contributed by atoms with van der Waals surface area (Å²) in [4.78, 5) is 11.1. The van der Waals surface area contributed by atoms with Crippen LogP contribution in [0, 0.1) is 6.92 Å². The summed E-state index contributed by atoms with van der Waals surface area (Å²) < 4.78 is 5.33. The Morgan fingerprint density at radius 2 is 2.00 bits per heavy atom. The molecule has 19 heavy (non-hydrogen) atoms. The van der Waals surface area contributed by atoms with Crippen molar-refractivity contribution in [2.24, 2.45) is 0 Å². The largest absolute Gasteiger partial charge is 0.379 e. The first kappa shape index (κ1) is 14.0. The smallest absolute Gasteiger partial charge is 0.131 e. The number of hydrogen-bond acceptors (Lipinski definition) is 6. The van der Waals surface area contributed by atoms with E-state index in [-0.39, 0.29) is 0 Å². The summed E-state index contributed by atoms with van der Waals surface area (Å²) in [6, 6.07) is 1.93. The van der Waals surface area contributed by atoms with E-state index in [1.807, 2.05) is 20.0 Å². The van der Waals surface area contributed by atoms with Crippen LogP contribution in [0.3, 0.4) is 0 Å². The lowest BCUT2D eigenvalue weighted by atomic mass is 10.3. The van der Waals surface area contributed by atoms with Gasteiger partial charge in [-0.15, -0.1) is 0 Å². The van der Waals surface area contributed by atoms with Crippen molar-refractivity contribution in [1.29, 1.82) is 0 Å². The Morgan fingerprint density at radius 3 is 2.74 bits per heavy atom. The monoisotopic (exact) mass is 265 g/mol. The number of morpholine rings is 1. The highest BCUT2D eigenvalue weighted by Gasteiger charge is 2.09. The number of ether oxygens (including phenoxy) is 1. The van der Waals surface area contributed by atoms with Gasteiger partial charge in [-0.05, 0) is 19.9 Å². The van der Waals surface area contributed by atoms with E-state index >= 15 is 0 Å². The Hall–Kier alpha value is -1.40. The molecule has 1 saturated heterocycles. The minimum absolute atomic E-state index is 0.780. The zero-order valence-electron chi connectivity index (χ0n) is 11.8. The molecule has 0 atom stereocenters. The molecule has 1 aliphatic heterocycles. The van der Waals surface area contributed by atoms with E-state index in [0.717, 1.165) is 63.3 Å². The molecule has 0 amide bonds. The molecule has 1 aromatic heterocycles. The van der Waals surface area contributed by atoms with Crippen molar-refractivity contribution in [1.82, 2.24) is 14.9 Å². The summed E-state index contributed by atoms with van der Waals surface area (Å²) in [6.45, 7) is 7.77. The fraction of sp³-hybridized carbons (Fsp3) is 0.692. The molecular weight excluding hydrogens is 242 g/mol. The standard InChI is InChI=1S/C13H23N5O/c1-11-16-12(14-2)10-13(17-11)15-4-3-5-18-6-8-19-9-7-18/h10H,3-9H2,1-2H3,(H2,14,15,16,17). The third-order valence-corrected chi connectivity index (χ3v) is 3.16. The third kappa shape index (κ3) is 4.65. The highest BCUT2D eigenvalue weighted by atomic mass is 16.5. The van der Waals surface area contributed by atoms with Gasteiger partial charge in [-0.3, -0.25) is 4.90 Å². The molecule has 2 heterocycles. The van der Waals surface area contributed by atoms with Crippen molar-refractivity contribution in [2.45, 2.75) is 13.3 Å². The minimum atomic E-state index is 0.780. The fourth-order valence-corrected chi connectivity index (χ4v) is 2.13. The highest BCUT2D eigenvalue weighted by Crippen LogP contribution is 2.10. The molecule has 0 bridgehead atoms. The predicted molar refractivity (Wildman–Crippen MR) is 76.7 cm³/mol. The zero-order chi connectivity index (χ0) is 13.5. The van der Waals surface area contributed by atoms with Gasteiger partial charge >= 0.3 is 0 Å². The van der Waals surface area contributed by atoms with Crippen LogP contribution in [-0.4, -0.2) is 61.3 Å². The van der Waals surface area contributed by atoms with Crippen molar-refractivity contribution in [3.8, 4) is 0 Å². The fourth-order valence-electron chi connectivity index (χ4n) is 2.13. The van der Waals surface area contributed by atoms with Gasteiger partial charge in [0.15, 0.2) is 0 Å². The predicted octanol–water partition coefficient (Wildman–Crippen LogP) is 0.961. The second kappa shape index (κ2) is 7.25. The molecule has 1 fully saturated rings. The van der Waals surface area contributed by atoms with Gasteiger partial charge in [0.1, 0.15) is 17.5 Å². The van der Waals surface area contributed by atoms with Crippen LogP contribution in [0.4, 0.5) is 11.6 Å². The molecule has 1 aromatic rings. The van der Waals surface area contributed by atoms with E-state index in [2.05, 4.69) is 25.5 Å². The van der Waals surface area contributed by atoms with Crippen LogP contribution in [0.25, 0.3) is 0 Å². The van der Waals surface area contributed by atoms with Crippen molar-refractivity contribution in [2.75, 3.05) is 57.1 Å². The SMILES string of the molecule is CNc1cc(NCCCN2CCOCC2)nc(C)n1. The Balaban J connectivity index is 1.71. The average molecular weight is 265 g/mol. The van der Waals surface area contributed by atoms with Gasteiger partial charge in [-0.2, -0.15) is 0 Å². The van der Waals surface area contributed by atoms with Crippen molar-refractivity contribution in [3.63, 3.8) is 0 Å². The molecule has 2 N–H and O–H groups in total. The first-order valence-electron chi connectivity index (χ1n) is 6.85. The van der Waals surface area contributed by atoms with Crippen LogP contribution in [0.5, 0.6) is 0 Å². The lowest BCUT2D eigenvalue weighted by Gasteiger charge is -2.26. The number of rotatable bonds is 6. The molecule has 0 radical (unpaired) electrons. The van der Waals surface area contributed by atoms with Crippen LogP contribution in [0.15, 0.2) is 6.07 Å². The van der Waals surface area contributed by atoms with Gasteiger partial charge in [0.2, 0.25) is 0 Å². The van der Waals surface area contributed by atoms with Gasteiger partial charge in [0, 0.05) is 32.7 Å². The summed E-state index contributed by atoms with van der Waals surface area (Å²) >= 11 is 0. The van der Waals surface area contributed by atoms with E-state index in [0.29, 0.717) is 0 Å². The molecule has 2 rings (SSSR count). The maximum absolute atomic E-state index is 5.33. The van der Waals surface area contributed by atoms with E-state index in [1.54, 1.807) is 0 Å². The van der Waals surface area contributed by atoms with E-state index in [1.165, 1.54) is 0 Å². The van der Waals surface area contributed by atoms with E-state index in [4.69, 9.17) is 4.74 Å². The number of hydrogen-bond donors (Lipinski definition) is 2. The molecule has 0 saturated carbocycles. The molecule has 106 valence electrons. The molecular formula is C13H23N5O. The van der Waals surface area contributed by atoms with Crippen LogP contribution >= 0.6 is 0 Å². The van der Waals surface area contributed by atoms with Crippen molar-refractivity contribution in [3.05, 3.63) is 11.9 Å². The molecule has 0 spiro atoms. The van der Waals surface area contributed by atoms with Crippen LogP contribution in [0.1, 0.15) is 12.2 Å². The number of anilines is 2. The molecule has 0 aliphatic carbocycles. The van der Waals surface area contributed by atoms with Gasteiger partial charge in [0.25, 0.3) is 0 Å². The topological polar surface area (TPSA) is 62.3 Å². The average Bonchev–Trinajstić information content (AvgIpc) is 2.44. The zero-order valence-corrected chi connectivity index (χ0v) is 11.8. The number of aryl methyl sites for hydroxylation is 1. The Labute approximate surface area is 114 Å². The Bertz CT molecular complexity index is 393. The summed E-state index contributed by atoms with van der Waals surface area (Å²) in [5.41, 5.74) is 0. The lowest BCUT2D eigenvalue weighted by Crippen LogP contribution is -2.37. The molecule has 0 unspecified atom stereocenters. The van der Waals surface area contributed by atoms with E-state index < -0.39 is 0 Å². The van der Waals surface area contributed by atoms with Crippen molar-refractivity contribution >= 4 is 11.6 Å². The van der Waals surface area contributed by atoms with Gasteiger partial charge in [0.05, 0.1) is 13.2 Å². The van der Waals surface area contributed by atoms with Gasteiger partial charge in [-0.1, -0.05) is 0 Å². The van der Waals surface area contributed by atoms with Crippen LogP contribution in [0.2, 0.25) is 0 Å². The number of aromatic nitrogens is 2. The Morgan fingerprint density at radius 1 is 1.26 bits per heavy atom. The Kier molecular flexibility index (Phi) is 5.35. The highest BCUT2D eigenvalue weighted by molar-refractivity contribution is 5.46. The molecule has 6 nitrogen and oxygen atoms in total. The first-order valence-corrected chi connectivity index (χ1v) is 6.85. The lowest BCUT2D eigenvalue weighted by molar-refractivity contribution is 0.0378. The normalized spacial score (nSPS) is 16.3. The number of nitrogens with one attached hydrogen (secondary N) is 2. The summed E-state index contributed by atoms with van der Waals surface area (Å²) in [5.74, 6) is 2.52. The summed E-state index contributed by atoms with van der Waals surface area (Å²) in [6.07, 6.45) is 1.11.